The molecule has 0 radical (unpaired) electrons. The van der Waals surface area contributed by atoms with E-state index in [4.69, 9.17) is 0 Å². The van der Waals surface area contributed by atoms with Crippen LogP contribution < -0.4 is 0 Å². The summed E-state index contributed by atoms with van der Waals surface area (Å²) >= 11 is 0. The molecular formula is C30H35FN4O. The number of rotatable bonds is 8. The Kier molecular flexibility index (Phi) is 7.35. The van der Waals surface area contributed by atoms with Crippen molar-refractivity contribution in [1.82, 2.24) is 19.3 Å². The third-order valence-corrected chi connectivity index (χ3v) is 7.30. The number of benzene rings is 3. The monoisotopic (exact) mass is 486 g/mol. The van der Waals surface area contributed by atoms with Crippen molar-refractivity contribution in [2.45, 2.75) is 19.4 Å². The topological polar surface area (TPSA) is 31.7 Å². The molecule has 1 fully saturated rings. The molecule has 3 aromatic carbocycles. The summed E-state index contributed by atoms with van der Waals surface area (Å²) in [5, 5.41) is 2.45. The summed E-state index contributed by atoms with van der Waals surface area (Å²) in [6, 6.07) is 21.5. The quantitative estimate of drug-likeness (QED) is 0.356. The van der Waals surface area contributed by atoms with Crippen LogP contribution in [0.3, 0.4) is 0 Å². The van der Waals surface area contributed by atoms with Gasteiger partial charge in [-0.2, -0.15) is 0 Å². The molecule has 1 saturated heterocycles. The van der Waals surface area contributed by atoms with Gasteiger partial charge in [0.05, 0.1) is 0 Å². The van der Waals surface area contributed by atoms with Gasteiger partial charge in [0.1, 0.15) is 5.82 Å². The fourth-order valence-electron chi connectivity index (χ4n) is 5.26. The van der Waals surface area contributed by atoms with Crippen LogP contribution in [0.1, 0.15) is 22.3 Å². The second-order valence-corrected chi connectivity index (χ2v) is 10.1. The second kappa shape index (κ2) is 10.8. The molecule has 0 aliphatic carbocycles. The zero-order valence-corrected chi connectivity index (χ0v) is 21.3. The van der Waals surface area contributed by atoms with Crippen molar-refractivity contribution >= 4 is 27.7 Å². The molecule has 0 spiro atoms. The Morgan fingerprint density at radius 1 is 0.861 bits per heavy atom. The van der Waals surface area contributed by atoms with Crippen LogP contribution in [-0.4, -0.2) is 78.5 Å². The largest absolute Gasteiger partial charge is 0.340 e. The first-order chi connectivity index (χ1) is 17.5. The van der Waals surface area contributed by atoms with E-state index in [-0.39, 0.29) is 11.7 Å². The van der Waals surface area contributed by atoms with E-state index in [0.717, 1.165) is 75.3 Å². The number of amides is 1. The molecular weight excluding hydrogens is 451 g/mol. The Balaban J connectivity index is 1.28. The fourth-order valence-corrected chi connectivity index (χ4v) is 5.26. The number of fused-ring (bicyclic) bond motifs is 3. The molecule has 1 amide bonds. The molecule has 1 aliphatic rings. The molecule has 2 heterocycles. The van der Waals surface area contributed by atoms with E-state index < -0.39 is 0 Å². The molecule has 1 aromatic heterocycles. The predicted molar refractivity (Wildman–Crippen MR) is 145 cm³/mol. The highest BCUT2D eigenvalue weighted by atomic mass is 19.1. The van der Waals surface area contributed by atoms with Crippen molar-refractivity contribution in [3.05, 3.63) is 83.7 Å². The number of hydrogen-bond donors (Lipinski definition) is 0. The smallest absolute Gasteiger partial charge is 0.254 e. The summed E-state index contributed by atoms with van der Waals surface area (Å²) in [6.07, 6.45) is 1.95. The number of carbonyl (C=O) groups excluding carboxylic acids is 1. The van der Waals surface area contributed by atoms with Crippen molar-refractivity contribution in [3.63, 3.8) is 0 Å². The van der Waals surface area contributed by atoms with E-state index >= 15 is 0 Å². The van der Waals surface area contributed by atoms with Crippen molar-refractivity contribution in [3.8, 4) is 0 Å². The van der Waals surface area contributed by atoms with Gasteiger partial charge in [0.25, 0.3) is 5.91 Å². The molecule has 0 bridgehead atoms. The minimum Gasteiger partial charge on any atom is -0.340 e. The van der Waals surface area contributed by atoms with Gasteiger partial charge in [-0.05, 0) is 69.4 Å². The van der Waals surface area contributed by atoms with Gasteiger partial charge in [-0.3, -0.25) is 9.69 Å². The van der Waals surface area contributed by atoms with E-state index in [1.165, 1.54) is 28.4 Å². The molecule has 36 heavy (non-hydrogen) atoms. The highest BCUT2D eigenvalue weighted by Gasteiger charge is 2.23. The zero-order valence-electron chi connectivity index (χ0n) is 21.3. The van der Waals surface area contributed by atoms with Gasteiger partial charge in [0.2, 0.25) is 0 Å². The summed E-state index contributed by atoms with van der Waals surface area (Å²) in [7, 11) is 4.20. The molecule has 0 saturated carbocycles. The van der Waals surface area contributed by atoms with Crippen molar-refractivity contribution in [2.75, 3.05) is 53.4 Å². The SMILES string of the molecule is CN(C)CCCn1c2ccccc2c2ccc(C(=O)N3CCN(CCc4ccc(F)cc4)CC3)cc21. The zero-order chi connectivity index (χ0) is 25.1. The first-order valence-electron chi connectivity index (χ1n) is 12.9. The minimum atomic E-state index is -0.196. The molecule has 0 N–H and O–H groups in total. The third kappa shape index (κ3) is 5.30. The number of piperazine rings is 1. The first kappa shape index (κ1) is 24.5. The summed E-state index contributed by atoms with van der Waals surface area (Å²) in [5.74, 6) is -0.0850. The van der Waals surface area contributed by atoms with E-state index in [0.29, 0.717) is 0 Å². The fraction of sp³-hybridized carbons (Fsp3) is 0.367. The average molecular weight is 487 g/mol. The highest BCUT2D eigenvalue weighted by molar-refractivity contribution is 6.10. The third-order valence-electron chi connectivity index (χ3n) is 7.30. The maximum Gasteiger partial charge on any atom is 0.254 e. The number of hydrogen-bond acceptors (Lipinski definition) is 3. The Morgan fingerprint density at radius 3 is 2.33 bits per heavy atom. The van der Waals surface area contributed by atoms with E-state index in [2.05, 4.69) is 64.9 Å². The van der Waals surface area contributed by atoms with Gasteiger partial charge in [0.15, 0.2) is 0 Å². The van der Waals surface area contributed by atoms with Crippen LogP contribution in [0.25, 0.3) is 21.8 Å². The lowest BCUT2D eigenvalue weighted by molar-refractivity contribution is 0.0638. The van der Waals surface area contributed by atoms with Gasteiger partial charge >= 0.3 is 0 Å². The Labute approximate surface area is 212 Å². The van der Waals surface area contributed by atoms with E-state index in [1.54, 1.807) is 0 Å². The summed E-state index contributed by atoms with van der Waals surface area (Å²) in [6.45, 7) is 6.05. The van der Waals surface area contributed by atoms with Gasteiger partial charge in [-0.15, -0.1) is 0 Å². The van der Waals surface area contributed by atoms with E-state index in [9.17, 15) is 9.18 Å². The van der Waals surface area contributed by atoms with Gasteiger partial charge < -0.3 is 14.4 Å². The summed E-state index contributed by atoms with van der Waals surface area (Å²) in [5.41, 5.74) is 4.27. The molecule has 5 nitrogen and oxygen atoms in total. The van der Waals surface area contributed by atoms with Gasteiger partial charge in [0, 0.05) is 66.6 Å². The van der Waals surface area contributed by atoms with Crippen LogP contribution in [-0.2, 0) is 13.0 Å². The standard InChI is InChI=1S/C30H35FN4O/c1-32(2)15-5-16-35-28-7-4-3-6-26(28)27-13-10-24(22-29(27)35)30(36)34-20-18-33(19-21-34)17-14-23-8-11-25(31)12-9-23/h3-4,6-13,22H,5,14-21H2,1-2H3. The normalized spacial score (nSPS) is 14.8. The summed E-state index contributed by atoms with van der Waals surface area (Å²) in [4.78, 5) is 20.0. The highest BCUT2D eigenvalue weighted by Crippen LogP contribution is 2.30. The summed E-state index contributed by atoms with van der Waals surface area (Å²) < 4.78 is 15.5. The molecule has 0 atom stereocenters. The van der Waals surface area contributed by atoms with Crippen LogP contribution in [0, 0.1) is 5.82 Å². The minimum absolute atomic E-state index is 0.111. The van der Waals surface area contributed by atoms with E-state index in [1.807, 2.05) is 23.1 Å². The Hall–Kier alpha value is -3.22. The first-order valence-corrected chi connectivity index (χ1v) is 12.9. The second-order valence-electron chi connectivity index (χ2n) is 10.1. The Morgan fingerprint density at radius 2 is 1.58 bits per heavy atom. The maximum atomic E-state index is 13.4. The van der Waals surface area contributed by atoms with Gasteiger partial charge in [-0.25, -0.2) is 4.39 Å². The van der Waals surface area contributed by atoms with Crippen LogP contribution in [0.15, 0.2) is 66.7 Å². The number of carbonyl (C=O) groups is 1. The Bertz CT molecular complexity index is 1340. The lowest BCUT2D eigenvalue weighted by Crippen LogP contribution is -2.49. The number of aromatic nitrogens is 1. The molecule has 5 rings (SSSR count). The average Bonchev–Trinajstić information content (AvgIpc) is 3.21. The van der Waals surface area contributed by atoms with Crippen LogP contribution in [0.4, 0.5) is 4.39 Å². The molecule has 0 unspecified atom stereocenters. The molecule has 4 aromatic rings. The van der Waals surface area contributed by atoms with Gasteiger partial charge in [-0.1, -0.05) is 36.4 Å². The lowest BCUT2D eigenvalue weighted by Gasteiger charge is -2.34. The number of aryl methyl sites for hydroxylation is 1. The van der Waals surface area contributed by atoms with Crippen LogP contribution >= 0.6 is 0 Å². The van der Waals surface area contributed by atoms with Crippen molar-refractivity contribution in [1.29, 1.82) is 0 Å². The molecule has 188 valence electrons. The van der Waals surface area contributed by atoms with Crippen molar-refractivity contribution in [2.24, 2.45) is 0 Å². The van der Waals surface area contributed by atoms with Crippen LogP contribution in [0.5, 0.6) is 0 Å². The number of nitrogens with zero attached hydrogens (tertiary/aromatic N) is 4. The maximum absolute atomic E-state index is 13.4. The number of para-hydroxylation sites is 1. The van der Waals surface area contributed by atoms with Crippen LogP contribution in [0.2, 0.25) is 0 Å². The number of halogens is 1. The molecule has 6 heteroatoms. The predicted octanol–water partition coefficient (Wildman–Crippen LogP) is 4.89. The molecule has 1 aliphatic heterocycles. The lowest BCUT2D eigenvalue weighted by atomic mass is 10.1. The van der Waals surface area contributed by atoms with Crippen molar-refractivity contribution < 1.29 is 9.18 Å².